The molecule has 19 heavy (non-hydrogen) atoms. The molecule has 0 aliphatic heterocycles. The van der Waals surface area contributed by atoms with Crippen LogP contribution < -0.4 is 10.2 Å². The number of benzene rings is 1. The Labute approximate surface area is 117 Å². The number of hydrogen-bond donors (Lipinski definition) is 1. The summed E-state index contributed by atoms with van der Waals surface area (Å²) in [5, 5.41) is 3.46. The van der Waals surface area contributed by atoms with Crippen molar-refractivity contribution in [3.63, 3.8) is 0 Å². The zero-order valence-corrected chi connectivity index (χ0v) is 12.6. The van der Waals surface area contributed by atoms with Crippen molar-refractivity contribution >= 4 is 5.69 Å². The summed E-state index contributed by atoms with van der Waals surface area (Å²) in [7, 11) is 7.97. The van der Waals surface area contributed by atoms with Crippen LogP contribution in [0.4, 0.5) is 5.69 Å². The molecule has 0 unspecified atom stereocenters. The lowest BCUT2D eigenvalue weighted by Gasteiger charge is -2.16. The van der Waals surface area contributed by atoms with Crippen LogP contribution in [0.25, 0.3) is 0 Å². The van der Waals surface area contributed by atoms with Crippen molar-refractivity contribution in [1.82, 2.24) is 10.2 Å². The van der Waals surface area contributed by atoms with Crippen LogP contribution in [-0.2, 0) is 11.3 Å². The Balaban J connectivity index is 2.18. The summed E-state index contributed by atoms with van der Waals surface area (Å²) in [4.78, 5) is 4.38. The van der Waals surface area contributed by atoms with Gasteiger partial charge >= 0.3 is 0 Å². The van der Waals surface area contributed by atoms with Gasteiger partial charge in [0.1, 0.15) is 0 Å². The fourth-order valence-electron chi connectivity index (χ4n) is 1.77. The molecule has 108 valence electrons. The SMILES string of the molecule is COCCN(C)CCNCc1ccc(N(C)C)cc1. The van der Waals surface area contributed by atoms with Gasteiger partial charge in [0, 0.05) is 53.1 Å². The molecule has 0 radical (unpaired) electrons. The van der Waals surface area contributed by atoms with Gasteiger partial charge in [0.2, 0.25) is 0 Å². The number of ether oxygens (including phenoxy) is 1. The van der Waals surface area contributed by atoms with Gasteiger partial charge < -0.3 is 19.9 Å². The Morgan fingerprint density at radius 3 is 2.32 bits per heavy atom. The van der Waals surface area contributed by atoms with Crippen molar-refractivity contribution in [3.05, 3.63) is 29.8 Å². The number of nitrogens with one attached hydrogen (secondary N) is 1. The average Bonchev–Trinajstić information content (AvgIpc) is 2.41. The molecule has 0 saturated heterocycles. The number of nitrogens with zero attached hydrogens (tertiary/aromatic N) is 2. The third-order valence-corrected chi connectivity index (χ3v) is 3.13. The van der Waals surface area contributed by atoms with Gasteiger partial charge in [0.15, 0.2) is 0 Å². The molecule has 0 saturated carbocycles. The van der Waals surface area contributed by atoms with E-state index in [1.54, 1.807) is 7.11 Å². The zero-order valence-electron chi connectivity index (χ0n) is 12.6. The highest BCUT2D eigenvalue weighted by Gasteiger charge is 1.98. The van der Waals surface area contributed by atoms with E-state index in [1.807, 2.05) is 0 Å². The molecule has 0 aromatic heterocycles. The van der Waals surface area contributed by atoms with Crippen LogP contribution in [0.15, 0.2) is 24.3 Å². The van der Waals surface area contributed by atoms with Crippen molar-refractivity contribution < 1.29 is 4.74 Å². The smallest absolute Gasteiger partial charge is 0.0589 e. The summed E-state index contributed by atoms with van der Waals surface area (Å²) in [5.41, 5.74) is 2.56. The van der Waals surface area contributed by atoms with E-state index in [2.05, 4.69) is 60.5 Å². The topological polar surface area (TPSA) is 27.7 Å². The number of rotatable bonds is 9. The third-order valence-electron chi connectivity index (χ3n) is 3.13. The van der Waals surface area contributed by atoms with Crippen molar-refractivity contribution in [2.24, 2.45) is 0 Å². The second kappa shape index (κ2) is 8.91. The van der Waals surface area contributed by atoms with E-state index in [9.17, 15) is 0 Å². The van der Waals surface area contributed by atoms with Gasteiger partial charge in [0.25, 0.3) is 0 Å². The Hall–Kier alpha value is -1.10. The molecule has 0 aliphatic rings. The molecule has 0 atom stereocenters. The fraction of sp³-hybridized carbons (Fsp3) is 0.600. The van der Waals surface area contributed by atoms with E-state index in [-0.39, 0.29) is 0 Å². The molecule has 0 amide bonds. The molecular formula is C15H27N3O. The van der Waals surface area contributed by atoms with Crippen LogP contribution in [-0.4, -0.2) is 59.4 Å². The second-order valence-electron chi connectivity index (χ2n) is 5.03. The summed E-state index contributed by atoms with van der Waals surface area (Å²) in [6.45, 7) is 4.73. The molecule has 0 spiro atoms. The van der Waals surface area contributed by atoms with Crippen LogP contribution in [0.5, 0.6) is 0 Å². The molecule has 1 rings (SSSR count). The highest BCUT2D eigenvalue weighted by molar-refractivity contribution is 5.45. The Morgan fingerprint density at radius 1 is 1.05 bits per heavy atom. The van der Waals surface area contributed by atoms with E-state index >= 15 is 0 Å². The van der Waals surface area contributed by atoms with Crippen molar-refractivity contribution in [2.45, 2.75) is 6.54 Å². The highest BCUT2D eigenvalue weighted by Crippen LogP contribution is 2.11. The molecule has 4 nitrogen and oxygen atoms in total. The van der Waals surface area contributed by atoms with Crippen LogP contribution in [0.2, 0.25) is 0 Å². The minimum atomic E-state index is 0.794. The lowest BCUT2D eigenvalue weighted by molar-refractivity contribution is 0.161. The predicted octanol–water partition coefficient (Wildman–Crippen LogP) is 1.42. The molecule has 0 bridgehead atoms. The second-order valence-corrected chi connectivity index (χ2v) is 5.03. The van der Waals surface area contributed by atoms with Gasteiger partial charge in [-0.2, -0.15) is 0 Å². The van der Waals surface area contributed by atoms with E-state index in [1.165, 1.54) is 11.3 Å². The van der Waals surface area contributed by atoms with E-state index in [0.717, 1.165) is 32.8 Å². The van der Waals surface area contributed by atoms with Gasteiger partial charge in [-0.25, -0.2) is 0 Å². The average molecular weight is 265 g/mol. The van der Waals surface area contributed by atoms with Crippen LogP contribution in [0.3, 0.4) is 0 Å². The van der Waals surface area contributed by atoms with Crippen LogP contribution >= 0.6 is 0 Å². The lowest BCUT2D eigenvalue weighted by Crippen LogP contribution is -2.31. The predicted molar refractivity (Wildman–Crippen MR) is 81.8 cm³/mol. The fourth-order valence-corrected chi connectivity index (χ4v) is 1.77. The maximum absolute atomic E-state index is 5.05. The normalized spacial score (nSPS) is 11.0. The largest absolute Gasteiger partial charge is 0.383 e. The first-order chi connectivity index (χ1) is 9.13. The Morgan fingerprint density at radius 2 is 1.74 bits per heavy atom. The van der Waals surface area contributed by atoms with E-state index < -0.39 is 0 Å². The van der Waals surface area contributed by atoms with Gasteiger partial charge in [-0.1, -0.05) is 12.1 Å². The van der Waals surface area contributed by atoms with Crippen LogP contribution in [0.1, 0.15) is 5.56 Å². The van der Waals surface area contributed by atoms with E-state index in [0.29, 0.717) is 0 Å². The summed E-state index contributed by atoms with van der Waals surface area (Å²) in [6, 6.07) is 8.66. The number of anilines is 1. The first-order valence-electron chi connectivity index (χ1n) is 6.78. The first-order valence-corrected chi connectivity index (χ1v) is 6.78. The Bertz CT molecular complexity index is 338. The molecule has 0 aliphatic carbocycles. The highest BCUT2D eigenvalue weighted by atomic mass is 16.5. The monoisotopic (exact) mass is 265 g/mol. The van der Waals surface area contributed by atoms with E-state index in [4.69, 9.17) is 4.74 Å². The summed E-state index contributed by atoms with van der Waals surface area (Å²) < 4.78 is 5.05. The minimum Gasteiger partial charge on any atom is -0.383 e. The third kappa shape index (κ3) is 6.57. The van der Waals surface area contributed by atoms with Crippen molar-refractivity contribution in [3.8, 4) is 0 Å². The molecule has 4 heteroatoms. The first kappa shape index (κ1) is 16.0. The Kier molecular flexibility index (Phi) is 7.48. The summed E-state index contributed by atoms with van der Waals surface area (Å²) in [5.74, 6) is 0. The number of methoxy groups -OCH3 is 1. The quantitative estimate of drug-likeness (QED) is 0.684. The van der Waals surface area contributed by atoms with Gasteiger partial charge in [-0.3, -0.25) is 0 Å². The molecule has 0 fully saturated rings. The molecule has 1 aromatic rings. The van der Waals surface area contributed by atoms with Crippen LogP contribution in [0, 0.1) is 0 Å². The van der Waals surface area contributed by atoms with Gasteiger partial charge in [0.05, 0.1) is 6.61 Å². The summed E-state index contributed by atoms with van der Waals surface area (Å²) in [6.07, 6.45) is 0. The maximum Gasteiger partial charge on any atom is 0.0589 e. The lowest BCUT2D eigenvalue weighted by atomic mass is 10.2. The molecule has 0 heterocycles. The minimum absolute atomic E-state index is 0.794. The number of likely N-dealkylation sites (N-methyl/N-ethyl adjacent to an activating group) is 1. The zero-order chi connectivity index (χ0) is 14.1. The van der Waals surface area contributed by atoms with Crippen molar-refractivity contribution in [2.75, 3.05) is 59.4 Å². The maximum atomic E-state index is 5.05. The van der Waals surface area contributed by atoms with Crippen molar-refractivity contribution in [1.29, 1.82) is 0 Å². The van der Waals surface area contributed by atoms with Gasteiger partial charge in [-0.05, 0) is 24.7 Å². The van der Waals surface area contributed by atoms with Gasteiger partial charge in [-0.15, -0.1) is 0 Å². The molecule has 1 aromatic carbocycles. The number of hydrogen-bond acceptors (Lipinski definition) is 4. The standard InChI is InChI=1S/C15H27N3O/c1-17(2)15-7-5-14(6-8-15)13-16-9-10-18(3)11-12-19-4/h5-8,16H,9-13H2,1-4H3. The molecule has 1 N–H and O–H groups in total. The summed E-state index contributed by atoms with van der Waals surface area (Å²) >= 11 is 0. The molecular weight excluding hydrogens is 238 g/mol.